The van der Waals surface area contributed by atoms with Crippen molar-refractivity contribution in [3.63, 3.8) is 0 Å². The molecule has 0 aromatic heterocycles. The van der Waals surface area contributed by atoms with Gasteiger partial charge in [-0.2, -0.15) is 0 Å². The van der Waals surface area contributed by atoms with Crippen molar-refractivity contribution in [3.05, 3.63) is 102 Å². The molecule has 6 heteroatoms. The van der Waals surface area contributed by atoms with Crippen LogP contribution in [0, 0.1) is 0 Å². The number of carbonyl (C=O) groups is 2. The molecule has 1 aliphatic heterocycles. The summed E-state index contributed by atoms with van der Waals surface area (Å²) in [5.41, 5.74) is 2.33. The molecule has 0 fully saturated rings. The molecule has 0 spiro atoms. The number of hydrogen-bond acceptors (Lipinski definition) is 5. The molecule has 35 heavy (non-hydrogen) atoms. The average molecular weight is 465 g/mol. The maximum Gasteiger partial charge on any atom is 0.282 e. The molecule has 2 amide bonds. The van der Waals surface area contributed by atoms with Crippen molar-refractivity contribution < 1.29 is 19.1 Å². The number of nitrogens with one attached hydrogen (secondary N) is 1. The van der Waals surface area contributed by atoms with Crippen molar-refractivity contribution in [2.75, 3.05) is 23.9 Å². The van der Waals surface area contributed by atoms with Gasteiger partial charge in [0.2, 0.25) is 0 Å². The van der Waals surface area contributed by atoms with Gasteiger partial charge in [-0.15, -0.1) is 0 Å². The lowest BCUT2D eigenvalue weighted by atomic mass is 10.0. The minimum Gasteiger partial charge on any atom is -0.497 e. The number of amides is 2. The second-order valence-corrected chi connectivity index (χ2v) is 8.01. The van der Waals surface area contributed by atoms with Crippen LogP contribution < -0.4 is 19.7 Å². The molecule has 4 aromatic carbocycles. The third kappa shape index (κ3) is 4.10. The summed E-state index contributed by atoms with van der Waals surface area (Å²) in [7, 11) is 1.58. The zero-order valence-electron chi connectivity index (χ0n) is 19.4. The summed E-state index contributed by atoms with van der Waals surface area (Å²) in [4.78, 5) is 28.9. The van der Waals surface area contributed by atoms with Crippen LogP contribution in [0.1, 0.15) is 12.5 Å². The molecule has 0 saturated heterocycles. The SMILES string of the molecule is CCOc1cccc(NC2=C(c3ccc(OC)cc3)C(=O)N(c3cccc4ccccc34)C2=O)c1. The molecule has 6 nitrogen and oxygen atoms in total. The second kappa shape index (κ2) is 9.35. The summed E-state index contributed by atoms with van der Waals surface area (Å²) >= 11 is 0. The number of fused-ring (bicyclic) bond motifs is 1. The number of hydrogen-bond donors (Lipinski definition) is 1. The maximum atomic E-state index is 13.8. The largest absolute Gasteiger partial charge is 0.497 e. The molecule has 4 aromatic rings. The normalized spacial score (nSPS) is 13.5. The standard InChI is InChI=1S/C29H24N2O4/c1-3-35-23-11-7-10-21(18-23)30-27-26(20-14-16-22(34-2)17-15-20)28(32)31(29(27)33)25-13-6-9-19-8-4-5-12-24(19)25/h4-18,30H,3H2,1-2H3. The highest BCUT2D eigenvalue weighted by Gasteiger charge is 2.40. The van der Waals surface area contributed by atoms with E-state index in [1.165, 1.54) is 4.90 Å². The van der Waals surface area contributed by atoms with Crippen LogP contribution in [0.2, 0.25) is 0 Å². The van der Waals surface area contributed by atoms with E-state index in [1.807, 2.05) is 61.5 Å². The highest BCUT2D eigenvalue weighted by atomic mass is 16.5. The molecule has 5 rings (SSSR count). The Kier molecular flexibility index (Phi) is 5.94. The molecule has 0 radical (unpaired) electrons. The Balaban J connectivity index is 1.63. The molecule has 0 atom stereocenters. The van der Waals surface area contributed by atoms with Gasteiger partial charge in [-0.3, -0.25) is 9.59 Å². The predicted molar refractivity (Wildman–Crippen MR) is 138 cm³/mol. The van der Waals surface area contributed by atoms with Crippen molar-refractivity contribution in [2.24, 2.45) is 0 Å². The van der Waals surface area contributed by atoms with E-state index in [1.54, 1.807) is 43.5 Å². The third-order valence-electron chi connectivity index (χ3n) is 5.88. The van der Waals surface area contributed by atoms with E-state index in [9.17, 15) is 9.59 Å². The predicted octanol–water partition coefficient (Wildman–Crippen LogP) is 5.64. The monoisotopic (exact) mass is 464 g/mol. The fourth-order valence-corrected chi connectivity index (χ4v) is 4.27. The topological polar surface area (TPSA) is 67.9 Å². The first kappa shape index (κ1) is 22.2. The zero-order valence-corrected chi connectivity index (χ0v) is 19.4. The van der Waals surface area contributed by atoms with Crippen LogP contribution >= 0.6 is 0 Å². The second-order valence-electron chi connectivity index (χ2n) is 8.01. The number of benzene rings is 4. The van der Waals surface area contributed by atoms with Crippen molar-refractivity contribution in [2.45, 2.75) is 6.92 Å². The van der Waals surface area contributed by atoms with E-state index in [-0.39, 0.29) is 11.6 Å². The Bertz CT molecular complexity index is 1450. The highest BCUT2D eigenvalue weighted by molar-refractivity contribution is 6.47. The van der Waals surface area contributed by atoms with Gasteiger partial charge in [-0.25, -0.2) is 4.90 Å². The van der Waals surface area contributed by atoms with Crippen LogP contribution in [-0.4, -0.2) is 25.5 Å². The van der Waals surface area contributed by atoms with Crippen LogP contribution in [-0.2, 0) is 9.59 Å². The first-order valence-corrected chi connectivity index (χ1v) is 11.4. The number of carbonyl (C=O) groups excluding carboxylic acids is 2. The molecular formula is C29H24N2O4. The van der Waals surface area contributed by atoms with E-state index in [0.29, 0.717) is 40.6 Å². The lowest BCUT2D eigenvalue weighted by Gasteiger charge is -2.18. The van der Waals surface area contributed by atoms with Gasteiger partial charge in [0.1, 0.15) is 17.2 Å². The van der Waals surface area contributed by atoms with Gasteiger partial charge in [0.15, 0.2) is 0 Å². The Hall–Kier alpha value is -4.58. The van der Waals surface area contributed by atoms with Crippen LogP contribution in [0.15, 0.2) is 96.7 Å². The molecule has 0 saturated carbocycles. The molecule has 0 bridgehead atoms. The maximum absolute atomic E-state index is 13.8. The summed E-state index contributed by atoms with van der Waals surface area (Å²) in [6, 6.07) is 27.7. The lowest BCUT2D eigenvalue weighted by Crippen LogP contribution is -2.32. The fourth-order valence-electron chi connectivity index (χ4n) is 4.27. The van der Waals surface area contributed by atoms with Crippen molar-refractivity contribution >= 4 is 39.5 Å². The molecule has 1 heterocycles. The summed E-state index contributed by atoms with van der Waals surface area (Å²) in [5.74, 6) is 0.529. The van der Waals surface area contributed by atoms with E-state index in [0.717, 1.165) is 10.8 Å². The van der Waals surface area contributed by atoms with Crippen molar-refractivity contribution in [1.82, 2.24) is 0 Å². The Morgan fingerprint density at radius 1 is 0.800 bits per heavy atom. The van der Waals surface area contributed by atoms with Crippen LogP contribution in [0.25, 0.3) is 16.3 Å². The highest BCUT2D eigenvalue weighted by Crippen LogP contribution is 2.37. The number of rotatable bonds is 7. The van der Waals surface area contributed by atoms with Gasteiger partial charge >= 0.3 is 0 Å². The summed E-state index contributed by atoms with van der Waals surface area (Å²) in [6.07, 6.45) is 0. The average Bonchev–Trinajstić information content (AvgIpc) is 3.13. The third-order valence-corrected chi connectivity index (χ3v) is 5.88. The summed E-state index contributed by atoms with van der Waals surface area (Å²) in [5, 5.41) is 4.97. The molecular weight excluding hydrogens is 440 g/mol. The van der Waals surface area contributed by atoms with E-state index in [4.69, 9.17) is 9.47 Å². The van der Waals surface area contributed by atoms with Gasteiger partial charge in [0.25, 0.3) is 11.8 Å². The summed E-state index contributed by atoms with van der Waals surface area (Å²) in [6.45, 7) is 2.43. The fraction of sp³-hybridized carbons (Fsp3) is 0.103. The Morgan fingerprint density at radius 2 is 1.54 bits per heavy atom. The molecule has 0 aliphatic carbocycles. The van der Waals surface area contributed by atoms with E-state index in [2.05, 4.69) is 5.32 Å². The van der Waals surface area contributed by atoms with Gasteiger partial charge in [-0.1, -0.05) is 54.6 Å². The molecule has 1 N–H and O–H groups in total. The van der Waals surface area contributed by atoms with Gasteiger partial charge in [0, 0.05) is 17.1 Å². The molecule has 1 aliphatic rings. The quantitative estimate of drug-likeness (QED) is 0.358. The van der Waals surface area contributed by atoms with E-state index >= 15 is 0 Å². The zero-order chi connectivity index (χ0) is 24.4. The van der Waals surface area contributed by atoms with Gasteiger partial charge in [-0.05, 0) is 48.2 Å². The van der Waals surface area contributed by atoms with Crippen LogP contribution in [0.4, 0.5) is 11.4 Å². The molecule has 174 valence electrons. The van der Waals surface area contributed by atoms with Gasteiger partial charge < -0.3 is 14.8 Å². The first-order chi connectivity index (χ1) is 17.1. The Morgan fingerprint density at radius 3 is 2.31 bits per heavy atom. The number of methoxy groups -OCH3 is 1. The first-order valence-electron chi connectivity index (χ1n) is 11.4. The van der Waals surface area contributed by atoms with Crippen molar-refractivity contribution in [1.29, 1.82) is 0 Å². The van der Waals surface area contributed by atoms with Crippen LogP contribution in [0.5, 0.6) is 11.5 Å². The smallest absolute Gasteiger partial charge is 0.282 e. The number of imide groups is 1. The summed E-state index contributed by atoms with van der Waals surface area (Å²) < 4.78 is 10.9. The van der Waals surface area contributed by atoms with Crippen molar-refractivity contribution in [3.8, 4) is 11.5 Å². The van der Waals surface area contributed by atoms with E-state index < -0.39 is 5.91 Å². The Labute approximate surface area is 203 Å². The minimum absolute atomic E-state index is 0.210. The minimum atomic E-state index is -0.418. The number of anilines is 2. The lowest BCUT2D eigenvalue weighted by molar-refractivity contribution is -0.120. The number of nitrogens with zero attached hydrogens (tertiary/aromatic N) is 1. The number of ether oxygens (including phenoxy) is 2. The van der Waals surface area contributed by atoms with Gasteiger partial charge in [0.05, 0.1) is 25.0 Å². The molecule has 0 unspecified atom stereocenters. The van der Waals surface area contributed by atoms with Crippen LogP contribution in [0.3, 0.4) is 0 Å².